The SMILES string of the molecule is COC(=O)C1CN(S(=O)(=O)c2ccc(OC)c(C)c2)c2ccccc2O1. The number of carbonyl (C=O) groups is 1. The van der Waals surface area contributed by atoms with E-state index in [1.807, 2.05) is 0 Å². The average Bonchev–Trinajstić information content (AvgIpc) is 2.66. The lowest BCUT2D eigenvalue weighted by molar-refractivity contribution is -0.148. The molecule has 0 aliphatic carbocycles. The molecule has 26 heavy (non-hydrogen) atoms. The maximum absolute atomic E-state index is 13.2. The second-order valence-corrected chi connectivity index (χ2v) is 7.63. The molecule has 1 aliphatic heterocycles. The number of hydrogen-bond donors (Lipinski definition) is 0. The van der Waals surface area contributed by atoms with E-state index >= 15 is 0 Å². The summed E-state index contributed by atoms with van der Waals surface area (Å²) in [6.07, 6.45) is -1.04. The van der Waals surface area contributed by atoms with Crippen molar-refractivity contribution >= 4 is 21.7 Å². The molecule has 0 saturated carbocycles. The average molecular weight is 377 g/mol. The van der Waals surface area contributed by atoms with Crippen molar-refractivity contribution in [2.24, 2.45) is 0 Å². The van der Waals surface area contributed by atoms with E-state index < -0.39 is 22.1 Å². The fraction of sp³-hybridized carbons (Fsp3) is 0.278. The van der Waals surface area contributed by atoms with Gasteiger partial charge in [-0.1, -0.05) is 12.1 Å². The molecule has 0 saturated heterocycles. The van der Waals surface area contributed by atoms with Gasteiger partial charge < -0.3 is 14.2 Å². The summed E-state index contributed by atoms with van der Waals surface area (Å²) in [5.74, 6) is 0.271. The maximum atomic E-state index is 13.2. The Morgan fingerprint density at radius 2 is 1.92 bits per heavy atom. The second-order valence-electron chi connectivity index (χ2n) is 5.76. The molecule has 0 fully saturated rings. The van der Waals surface area contributed by atoms with Crippen LogP contribution in [0.25, 0.3) is 0 Å². The number of nitrogens with zero attached hydrogens (tertiary/aromatic N) is 1. The monoisotopic (exact) mass is 377 g/mol. The van der Waals surface area contributed by atoms with Crippen LogP contribution in [0.3, 0.4) is 0 Å². The van der Waals surface area contributed by atoms with E-state index in [-0.39, 0.29) is 11.4 Å². The molecule has 8 heteroatoms. The summed E-state index contributed by atoms with van der Waals surface area (Å²) in [5.41, 5.74) is 1.07. The second kappa shape index (κ2) is 6.87. The first-order valence-corrected chi connectivity index (χ1v) is 9.33. The molecule has 1 heterocycles. The lowest BCUT2D eigenvalue weighted by atomic mass is 10.2. The third-order valence-electron chi connectivity index (χ3n) is 4.15. The highest BCUT2D eigenvalue weighted by Crippen LogP contribution is 2.37. The zero-order valence-electron chi connectivity index (χ0n) is 14.6. The summed E-state index contributed by atoms with van der Waals surface area (Å²) in [7, 11) is -1.15. The number of anilines is 1. The molecule has 0 amide bonds. The van der Waals surface area contributed by atoms with Crippen LogP contribution < -0.4 is 13.8 Å². The van der Waals surface area contributed by atoms with Gasteiger partial charge in [0.2, 0.25) is 6.10 Å². The smallest absolute Gasteiger partial charge is 0.348 e. The van der Waals surface area contributed by atoms with Gasteiger partial charge in [-0.05, 0) is 42.8 Å². The molecule has 0 radical (unpaired) electrons. The van der Waals surface area contributed by atoms with Gasteiger partial charge in [-0.25, -0.2) is 13.2 Å². The molecular formula is C18H19NO6S. The Morgan fingerprint density at radius 1 is 1.19 bits per heavy atom. The van der Waals surface area contributed by atoms with Gasteiger partial charge in [-0.15, -0.1) is 0 Å². The van der Waals surface area contributed by atoms with Crippen LogP contribution in [0.2, 0.25) is 0 Å². The van der Waals surface area contributed by atoms with Gasteiger partial charge in [0.25, 0.3) is 10.0 Å². The van der Waals surface area contributed by atoms with E-state index in [4.69, 9.17) is 14.2 Å². The van der Waals surface area contributed by atoms with Crippen molar-refractivity contribution in [3.63, 3.8) is 0 Å². The number of rotatable bonds is 4. The van der Waals surface area contributed by atoms with Crippen LogP contribution in [0.5, 0.6) is 11.5 Å². The molecule has 0 aromatic heterocycles. The molecule has 1 unspecified atom stereocenters. The first-order valence-electron chi connectivity index (χ1n) is 7.89. The highest BCUT2D eigenvalue weighted by atomic mass is 32.2. The first-order chi connectivity index (χ1) is 12.4. The summed E-state index contributed by atoms with van der Waals surface area (Å²) < 4.78 is 43.2. The Hall–Kier alpha value is -2.74. The standard InChI is InChI=1S/C18H19NO6S/c1-12-10-13(8-9-15(12)23-2)26(21,22)19-11-17(18(20)24-3)25-16-7-5-4-6-14(16)19/h4-10,17H,11H2,1-3H3. The summed E-state index contributed by atoms with van der Waals surface area (Å²) in [6.45, 7) is 1.60. The number of para-hydroxylation sites is 2. The van der Waals surface area contributed by atoms with E-state index in [1.165, 1.54) is 24.6 Å². The zero-order valence-corrected chi connectivity index (χ0v) is 15.4. The number of hydrogen-bond acceptors (Lipinski definition) is 6. The quantitative estimate of drug-likeness (QED) is 0.759. The Balaban J connectivity index is 2.08. The minimum atomic E-state index is -3.91. The van der Waals surface area contributed by atoms with Gasteiger partial charge in [0, 0.05) is 0 Å². The Morgan fingerprint density at radius 3 is 2.58 bits per heavy atom. The zero-order chi connectivity index (χ0) is 18.9. The summed E-state index contributed by atoms with van der Waals surface area (Å²) in [5, 5.41) is 0. The molecule has 138 valence electrons. The molecule has 2 aromatic carbocycles. The fourth-order valence-electron chi connectivity index (χ4n) is 2.82. The number of ether oxygens (including phenoxy) is 3. The minimum absolute atomic E-state index is 0.108. The van der Waals surface area contributed by atoms with Gasteiger partial charge in [0.1, 0.15) is 11.5 Å². The number of sulfonamides is 1. The number of carbonyl (C=O) groups excluding carboxylic acids is 1. The third-order valence-corrected chi connectivity index (χ3v) is 5.93. The van der Waals surface area contributed by atoms with Crippen molar-refractivity contribution < 1.29 is 27.4 Å². The Kier molecular flexibility index (Phi) is 4.78. The topological polar surface area (TPSA) is 82.1 Å². The highest BCUT2D eigenvalue weighted by molar-refractivity contribution is 7.92. The lowest BCUT2D eigenvalue weighted by Gasteiger charge is -2.34. The van der Waals surface area contributed by atoms with Crippen LogP contribution in [0.1, 0.15) is 5.56 Å². The van der Waals surface area contributed by atoms with E-state index in [9.17, 15) is 13.2 Å². The van der Waals surface area contributed by atoms with Crippen LogP contribution in [0, 0.1) is 6.92 Å². The number of aryl methyl sites for hydroxylation is 1. The number of benzene rings is 2. The van der Waals surface area contributed by atoms with Crippen LogP contribution in [0.15, 0.2) is 47.4 Å². The summed E-state index contributed by atoms with van der Waals surface area (Å²) in [4.78, 5) is 12.0. The molecule has 3 rings (SSSR count). The summed E-state index contributed by atoms with van der Waals surface area (Å²) >= 11 is 0. The number of esters is 1. The molecule has 2 aromatic rings. The highest BCUT2D eigenvalue weighted by Gasteiger charge is 2.38. The van der Waals surface area contributed by atoms with Crippen molar-refractivity contribution in [3.05, 3.63) is 48.0 Å². The van der Waals surface area contributed by atoms with Crippen LogP contribution in [-0.4, -0.2) is 41.3 Å². The molecule has 0 bridgehead atoms. The lowest BCUT2D eigenvalue weighted by Crippen LogP contribution is -2.47. The van der Waals surface area contributed by atoms with Crippen molar-refractivity contribution in [2.45, 2.75) is 17.9 Å². The number of methoxy groups -OCH3 is 2. The molecule has 0 spiro atoms. The van der Waals surface area contributed by atoms with Crippen LogP contribution in [-0.2, 0) is 19.6 Å². The largest absolute Gasteiger partial charge is 0.496 e. The van der Waals surface area contributed by atoms with Crippen molar-refractivity contribution in [1.29, 1.82) is 0 Å². The molecule has 1 aliphatic rings. The Bertz CT molecular complexity index is 940. The first kappa shape index (κ1) is 18.1. The van der Waals surface area contributed by atoms with Crippen LogP contribution in [0.4, 0.5) is 5.69 Å². The number of fused-ring (bicyclic) bond motifs is 1. The molecule has 1 atom stereocenters. The summed E-state index contributed by atoms with van der Waals surface area (Å²) in [6, 6.07) is 11.3. The van der Waals surface area contributed by atoms with Gasteiger partial charge in [0.05, 0.1) is 31.3 Å². The molecular weight excluding hydrogens is 358 g/mol. The van der Waals surface area contributed by atoms with Crippen molar-refractivity contribution in [3.8, 4) is 11.5 Å². The van der Waals surface area contributed by atoms with Gasteiger partial charge in [-0.3, -0.25) is 4.31 Å². The molecule has 7 nitrogen and oxygen atoms in total. The van der Waals surface area contributed by atoms with Crippen LogP contribution >= 0.6 is 0 Å². The Labute approximate surface area is 152 Å². The van der Waals surface area contributed by atoms with E-state index in [0.717, 1.165) is 0 Å². The van der Waals surface area contributed by atoms with Gasteiger partial charge in [0.15, 0.2) is 0 Å². The predicted molar refractivity (Wildman–Crippen MR) is 95.1 cm³/mol. The van der Waals surface area contributed by atoms with Crippen molar-refractivity contribution in [1.82, 2.24) is 0 Å². The normalized spacial score (nSPS) is 16.4. The van der Waals surface area contributed by atoms with E-state index in [0.29, 0.717) is 22.7 Å². The third kappa shape index (κ3) is 3.08. The van der Waals surface area contributed by atoms with E-state index in [1.54, 1.807) is 43.3 Å². The van der Waals surface area contributed by atoms with Crippen molar-refractivity contribution in [2.75, 3.05) is 25.1 Å². The maximum Gasteiger partial charge on any atom is 0.348 e. The van der Waals surface area contributed by atoms with Gasteiger partial charge >= 0.3 is 5.97 Å². The fourth-order valence-corrected chi connectivity index (χ4v) is 4.38. The molecule has 0 N–H and O–H groups in total. The van der Waals surface area contributed by atoms with E-state index in [2.05, 4.69) is 0 Å². The predicted octanol–water partition coefficient (Wildman–Crippen LogP) is 2.13. The van der Waals surface area contributed by atoms with Gasteiger partial charge in [-0.2, -0.15) is 0 Å². The minimum Gasteiger partial charge on any atom is -0.496 e.